The molecule has 1 aliphatic rings. The number of aryl methyl sites for hydroxylation is 1. The molecular formula is C21H21N3O4S. The van der Waals surface area contributed by atoms with E-state index < -0.39 is 9.84 Å². The van der Waals surface area contributed by atoms with Gasteiger partial charge in [-0.3, -0.25) is 9.48 Å². The minimum Gasteiger partial charge on any atom is -0.457 e. The highest BCUT2D eigenvalue weighted by Crippen LogP contribution is 2.42. The van der Waals surface area contributed by atoms with E-state index in [9.17, 15) is 13.2 Å². The Hall–Kier alpha value is -3.13. The van der Waals surface area contributed by atoms with Gasteiger partial charge in [0, 0.05) is 31.1 Å². The van der Waals surface area contributed by atoms with E-state index in [1.807, 2.05) is 12.1 Å². The van der Waals surface area contributed by atoms with Crippen molar-refractivity contribution < 1.29 is 17.9 Å². The second kappa shape index (κ2) is 7.36. The summed E-state index contributed by atoms with van der Waals surface area (Å²) < 4.78 is 30.7. The van der Waals surface area contributed by atoms with Gasteiger partial charge in [0.05, 0.1) is 4.90 Å². The van der Waals surface area contributed by atoms with Gasteiger partial charge in [-0.1, -0.05) is 0 Å². The summed E-state index contributed by atoms with van der Waals surface area (Å²) in [5.74, 6) is 1.69. The van der Waals surface area contributed by atoms with E-state index in [2.05, 4.69) is 10.4 Å². The summed E-state index contributed by atoms with van der Waals surface area (Å²) in [4.78, 5) is 12.9. The van der Waals surface area contributed by atoms with Crippen molar-refractivity contribution in [3.63, 3.8) is 0 Å². The highest BCUT2D eigenvalue weighted by Gasteiger charge is 2.25. The van der Waals surface area contributed by atoms with E-state index in [1.165, 1.54) is 12.1 Å². The number of anilines is 1. The number of amides is 1. The molecule has 1 amide bonds. The number of carbonyl (C=O) groups is 1. The van der Waals surface area contributed by atoms with Crippen molar-refractivity contribution in [2.24, 2.45) is 7.05 Å². The van der Waals surface area contributed by atoms with Gasteiger partial charge in [0.1, 0.15) is 11.5 Å². The third kappa shape index (κ3) is 4.65. The van der Waals surface area contributed by atoms with Gasteiger partial charge in [-0.25, -0.2) is 8.42 Å². The fourth-order valence-corrected chi connectivity index (χ4v) is 3.66. The molecule has 1 saturated carbocycles. The Morgan fingerprint density at radius 2 is 1.83 bits per heavy atom. The second-order valence-corrected chi connectivity index (χ2v) is 9.26. The number of rotatable bonds is 6. The topological polar surface area (TPSA) is 90.3 Å². The Labute approximate surface area is 169 Å². The van der Waals surface area contributed by atoms with E-state index in [-0.39, 0.29) is 10.8 Å². The largest absolute Gasteiger partial charge is 0.457 e. The molecule has 0 saturated heterocycles. The van der Waals surface area contributed by atoms with Crippen molar-refractivity contribution in [1.29, 1.82) is 0 Å². The Morgan fingerprint density at radius 3 is 2.41 bits per heavy atom. The van der Waals surface area contributed by atoms with Crippen LogP contribution in [0.1, 0.15) is 34.7 Å². The van der Waals surface area contributed by atoms with E-state index in [0.29, 0.717) is 28.8 Å². The van der Waals surface area contributed by atoms with Crippen LogP contribution in [0, 0.1) is 0 Å². The lowest BCUT2D eigenvalue weighted by molar-refractivity contribution is 0.102. The lowest BCUT2D eigenvalue weighted by atomic mass is 10.1. The van der Waals surface area contributed by atoms with Crippen molar-refractivity contribution in [3.8, 4) is 11.5 Å². The summed E-state index contributed by atoms with van der Waals surface area (Å²) in [6, 6.07) is 13.4. The number of nitrogens with one attached hydrogen (secondary N) is 1. The summed E-state index contributed by atoms with van der Waals surface area (Å²) >= 11 is 0. The van der Waals surface area contributed by atoms with E-state index >= 15 is 0 Å². The monoisotopic (exact) mass is 411 g/mol. The number of sulfone groups is 1. The van der Waals surface area contributed by atoms with Crippen LogP contribution in [0.2, 0.25) is 0 Å². The molecule has 2 aromatic carbocycles. The maximum Gasteiger partial charge on any atom is 0.257 e. The van der Waals surface area contributed by atoms with Crippen LogP contribution in [0.25, 0.3) is 0 Å². The number of hydrogen-bond acceptors (Lipinski definition) is 5. The van der Waals surface area contributed by atoms with Gasteiger partial charge in [0.2, 0.25) is 0 Å². The smallest absolute Gasteiger partial charge is 0.257 e. The zero-order valence-electron chi connectivity index (χ0n) is 16.1. The molecule has 0 spiro atoms. The van der Waals surface area contributed by atoms with Gasteiger partial charge in [-0.2, -0.15) is 5.10 Å². The average molecular weight is 411 g/mol. The molecule has 1 aliphatic carbocycles. The predicted molar refractivity (Wildman–Crippen MR) is 109 cm³/mol. The molecule has 0 radical (unpaired) electrons. The summed E-state index contributed by atoms with van der Waals surface area (Å²) in [5, 5.41) is 6.96. The SMILES string of the molecule is Cn1ccc(NC(=O)c2cc(Oc3ccc(S(C)(=O)=O)cc3)cc(C3CC3)c2)n1. The van der Waals surface area contributed by atoms with Crippen LogP contribution in [0.4, 0.5) is 5.82 Å². The van der Waals surface area contributed by atoms with Gasteiger partial charge in [-0.05, 0) is 66.8 Å². The van der Waals surface area contributed by atoms with Gasteiger partial charge in [0.15, 0.2) is 15.7 Å². The van der Waals surface area contributed by atoms with Crippen molar-refractivity contribution in [2.75, 3.05) is 11.6 Å². The van der Waals surface area contributed by atoms with Crippen molar-refractivity contribution in [2.45, 2.75) is 23.7 Å². The third-order valence-electron chi connectivity index (χ3n) is 4.68. The molecule has 8 heteroatoms. The number of carbonyl (C=O) groups excluding carboxylic acids is 1. The van der Waals surface area contributed by atoms with Gasteiger partial charge < -0.3 is 10.1 Å². The molecule has 1 fully saturated rings. The molecule has 3 aromatic rings. The molecule has 29 heavy (non-hydrogen) atoms. The van der Waals surface area contributed by atoms with Crippen LogP contribution in [0.5, 0.6) is 11.5 Å². The summed E-state index contributed by atoms with van der Waals surface area (Å²) in [5.41, 5.74) is 1.55. The fraction of sp³-hybridized carbons (Fsp3) is 0.238. The maximum absolute atomic E-state index is 12.7. The fourth-order valence-electron chi connectivity index (χ4n) is 3.03. The first-order valence-electron chi connectivity index (χ1n) is 9.22. The Morgan fingerprint density at radius 1 is 1.10 bits per heavy atom. The van der Waals surface area contributed by atoms with Crippen LogP contribution >= 0.6 is 0 Å². The number of ether oxygens (including phenoxy) is 1. The van der Waals surface area contributed by atoms with Crippen LogP contribution in [-0.4, -0.2) is 30.4 Å². The standard InChI is InChI=1S/C21H21N3O4S/c1-24-10-9-20(23-24)22-21(25)16-11-15(14-3-4-14)12-18(13-16)28-17-5-7-19(8-6-17)29(2,26)27/h5-14H,3-4H2,1-2H3,(H,22,23,25). The Balaban J connectivity index is 1.59. The minimum absolute atomic E-state index is 0.229. The normalized spacial score (nSPS) is 13.9. The van der Waals surface area contributed by atoms with Gasteiger partial charge in [-0.15, -0.1) is 0 Å². The highest BCUT2D eigenvalue weighted by atomic mass is 32.2. The predicted octanol–water partition coefficient (Wildman–Crippen LogP) is 3.75. The molecule has 7 nitrogen and oxygen atoms in total. The molecule has 4 rings (SSSR count). The van der Waals surface area contributed by atoms with E-state index in [4.69, 9.17) is 4.74 Å². The first-order chi connectivity index (χ1) is 13.8. The molecule has 0 atom stereocenters. The molecule has 150 valence electrons. The van der Waals surface area contributed by atoms with Gasteiger partial charge >= 0.3 is 0 Å². The number of nitrogens with zero attached hydrogens (tertiary/aromatic N) is 2. The molecule has 0 unspecified atom stereocenters. The average Bonchev–Trinajstić information content (AvgIpc) is 3.44. The Kier molecular flexibility index (Phi) is 4.87. The zero-order chi connectivity index (χ0) is 20.6. The summed E-state index contributed by atoms with van der Waals surface area (Å²) in [6.07, 6.45) is 5.10. The molecule has 0 aliphatic heterocycles. The molecule has 0 bridgehead atoms. The van der Waals surface area contributed by atoms with Crippen LogP contribution in [-0.2, 0) is 16.9 Å². The number of aromatic nitrogens is 2. The molecular weight excluding hydrogens is 390 g/mol. The molecule has 1 N–H and O–H groups in total. The van der Waals surface area contributed by atoms with Crippen LogP contribution in [0.3, 0.4) is 0 Å². The molecule has 1 heterocycles. The minimum atomic E-state index is -3.26. The van der Waals surface area contributed by atoms with E-state index in [0.717, 1.165) is 24.7 Å². The van der Waals surface area contributed by atoms with Crippen LogP contribution < -0.4 is 10.1 Å². The highest BCUT2D eigenvalue weighted by molar-refractivity contribution is 7.90. The first kappa shape index (κ1) is 19.2. The van der Waals surface area contributed by atoms with Crippen molar-refractivity contribution >= 4 is 21.6 Å². The third-order valence-corrected chi connectivity index (χ3v) is 5.81. The summed E-state index contributed by atoms with van der Waals surface area (Å²) in [6.45, 7) is 0. The Bertz CT molecular complexity index is 1160. The van der Waals surface area contributed by atoms with Crippen LogP contribution in [0.15, 0.2) is 59.6 Å². The molecule has 1 aromatic heterocycles. The van der Waals surface area contributed by atoms with Gasteiger partial charge in [0.25, 0.3) is 5.91 Å². The van der Waals surface area contributed by atoms with Crippen molar-refractivity contribution in [1.82, 2.24) is 9.78 Å². The second-order valence-electron chi connectivity index (χ2n) is 7.24. The summed E-state index contributed by atoms with van der Waals surface area (Å²) in [7, 11) is -1.48. The quantitative estimate of drug-likeness (QED) is 0.667. The van der Waals surface area contributed by atoms with Crippen molar-refractivity contribution in [3.05, 3.63) is 65.9 Å². The maximum atomic E-state index is 12.7. The van der Waals surface area contributed by atoms with E-state index in [1.54, 1.807) is 42.2 Å². The first-order valence-corrected chi connectivity index (χ1v) is 11.1. The lowest BCUT2D eigenvalue weighted by Gasteiger charge is -2.11. The number of hydrogen-bond donors (Lipinski definition) is 1. The lowest BCUT2D eigenvalue weighted by Crippen LogP contribution is -2.13. The number of benzene rings is 2. The zero-order valence-corrected chi connectivity index (χ0v) is 16.9.